The predicted octanol–water partition coefficient (Wildman–Crippen LogP) is 3.94. The number of methoxy groups -OCH3 is 2. The molecule has 3 amide bonds. The van der Waals surface area contributed by atoms with Crippen molar-refractivity contribution in [1.82, 2.24) is 14.7 Å². The Kier molecular flexibility index (Phi) is 6.55. The number of aryl methyl sites for hydroxylation is 2. The Bertz CT molecular complexity index is 1110. The number of amides is 3. The van der Waals surface area contributed by atoms with Crippen LogP contribution in [0, 0.1) is 6.92 Å². The molecule has 3 aliphatic rings. The van der Waals surface area contributed by atoms with Gasteiger partial charge in [0.1, 0.15) is 11.3 Å². The highest BCUT2D eigenvalue weighted by atomic mass is 16.5. The Balaban J connectivity index is 1.36. The SMILES string of the molecule is COCCN1C(=O)N(Cc2cccc(OC)c2)C(=O)C12CCN(C1CCc3ccc(C)cc31)CC2. The van der Waals surface area contributed by atoms with E-state index in [1.807, 2.05) is 24.3 Å². The maximum Gasteiger partial charge on any atom is 0.328 e. The number of fused-ring (bicyclic) bond motifs is 1. The molecule has 2 fully saturated rings. The fourth-order valence-corrected chi connectivity index (χ4v) is 6.14. The third kappa shape index (κ3) is 4.21. The van der Waals surface area contributed by atoms with Gasteiger partial charge in [-0.25, -0.2) is 4.79 Å². The molecule has 186 valence electrons. The Hall–Kier alpha value is -2.90. The van der Waals surface area contributed by atoms with E-state index in [1.54, 1.807) is 19.1 Å². The first-order chi connectivity index (χ1) is 17.0. The Labute approximate surface area is 207 Å². The summed E-state index contributed by atoms with van der Waals surface area (Å²) in [5.41, 5.74) is 4.26. The monoisotopic (exact) mass is 477 g/mol. The normalized spacial score (nSPS) is 21.7. The second kappa shape index (κ2) is 9.63. The molecular weight excluding hydrogens is 442 g/mol. The first kappa shape index (κ1) is 23.8. The van der Waals surface area contributed by atoms with Crippen LogP contribution in [0.4, 0.5) is 4.79 Å². The second-order valence-corrected chi connectivity index (χ2v) is 9.99. The van der Waals surface area contributed by atoms with Crippen LogP contribution in [0.2, 0.25) is 0 Å². The molecule has 5 rings (SSSR count). The fraction of sp³-hybridized carbons (Fsp3) is 0.500. The van der Waals surface area contributed by atoms with Gasteiger partial charge in [-0.05, 0) is 61.4 Å². The average Bonchev–Trinajstić information content (AvgIpc) is 3.37. The van der Waals surface area contributed by atoms with Gasteiger partial charge in [0.25, 0.3) is 5.91 Å². The lowest BCUT2D eigenvalue weighted by Crippen LogP contribution is -2.57. The van der Waals surface area contributed by atoms with Crippen molar-refractivity contribution in [2.45, 2.75) is 50.7 Å². The van der Waals surface area contributed by atoms with E-state index < -0.39 is 5.54 Å². The molecule has 1 aliphatic carbocycles. The number of carbonyl (C=O) groups excluding carboxylic acids is 2. The minimum Gasteiger partial charge on any atom is -0.497 e. The van der Waals surface area contributed by atoms with Gasteiger partial charge in [0.15, 0.2) is 0 Å². The van der Waals surface area contributed by atoms with Gasteiger partial charge >= 0.3 is 6.03 Å². The molecule has 0 N–H and O–H groups in total. The summed E-state index contributed by atoms with van der Waals surface area (Å²) in [6.45, 7) is 4.82. The number of carbonyl (C=O) groups is 2. The van der Waals surface area contributed by atoms with Crippen molar-refractivity contribution in [3.63, 3.8) is 0 Å². The lowest BCUT2D eigenvalue weighted by atomic mass is 9.84. The smallest absolute Gasteiger partial charge is 0.328 e. The van der Waals surface area contributed by atoms with Crippen LogP contribution >= 0.6 is 0 Å². The minimum absolute atomic E-state index is 0.0799. The maximum atomic E-state index is 13.9. The van der Waals surface area contributed by atoms with Crippen molar-refractivity contribution in [1.29, 1.82) is 0 Å². The van der Waals surface area contributed by atoms with Crippen LogP contribution in [0.3, 0.4) is 0 Å². The van der Waals surface area contributed by atoms with E-state index in [0.717, 1.165) is 31.5 Å². The summed E-state index contributed by atoms with van der Waals surface area (Å²) in [6, 6.07) is 14.5. The quantitative estimate of drug-likeness (QED) is 0.566. The molecule has 2 aromatic rings. The van der Waals surface area contributed by atoms with Crippen LogP contribution in [-0.2, 0) is 22.5 Å². The number of imide groups is 1. The standard InChI is InChI=1S/C28H35N3O4/c1-20-7-8-22-9-10-25(24(22)17-20)29-13-11-28(12-14-29)26(32)30(27(33)31(28)15-16-34-2)19-21-5-4-6-23(18-21)35-3/h4-8,17-18,25H,9-16,19H2,1-3H3. The molecule has 1 unspecified atom stereocenters. The number of hydrogen-bond donors (Lipinski definition) is 0. The number of ether oxygens (including phenoxy) is 2. The summed E-state index contributed by atoms with van der Waals surface area (Å²) >= 11 is 0. The van der Waals surface area contributed by atoms with Crippen molar-refractivity contribution in [2.75, 3.05) is 40.5 Å². The molecule has 1 atom stereocenters. The van der Waals surface area contributed by atoms with Gasteiger partial charge in [-0.2, -0.15) is 0 Å². The molecule has 0 radical (unpaired) electrons. The first-order valence-corrected chi connectivity index (χ1v) is 12.6. The number of rotatable bonds is 7. The number of benzene rings is 2. The molecule has 2 aliphatic heterocycles. The lowest BCUT2D eigenvalue weighted by molar-refractivity contribution is -0.136. The molecular formula is C28H35N3O4. The summed E-state index contributed by atoms with van der Waals surface area (Å²) in [4.78, 5) is 33.1. The average molecular weight is 478 g/mol. The van der Waals surface area contributed by atoms with Gasteiger partial charge in [-0.15, -0.1) is 0 Å². The molecule has 0 bridgehead atoms. The molecule has 35 heavy (non-hydrogen) atoms. The van der Waals surface area contributed by atoms with Crippen molar-refractivity contribution in [3.8, 4) is 5.75 Å². The summed E-state index contributed by atoms with van der Waals surface area (Å²) in [6.07, 6.45) is 3.52. The van der Waals surface area contributed by atoms with Crippen LogP contribution in [0.1, 0.15) is 47.6 Å². The Morgan fingerprint density at radius 1 is 1.06 bits per heavy atom. The highest BCUT2D eigenvalue weighted by Crippen LogP contribution is 2.43. The van der Waals surface area contributed by atoms with E-state index in [2.05, 4.69) is 30.0 Å². The summed E-state index contributed by atoms with van der Waals surface area (Å²) in [5.74, 6) is 0.636. The van der Waals surface area contributed by atoms with Crippen LogP contribution in [0.25, 0.3) is 0 Å². The maximum absolute atomic E-state index is 13.9. The lowest BCUT2D eigenvalue weighted by Gasteiger charge is -2.44. The van der Waals surface area contributed by atoms with E-state index in [9.17, 15) is 9.59 Å². The fourth-order valence-electron chi connectivity index (χ4n) is 6.14. The zero-order chi connectivity index (χ0) is 24.6. The van der Waals surface area contributed by atoms with Crippen molar-refractivity contribution in [2.24, 2.45) is 0 Å². The summed E-state index contributed by atoms with van der Waals surface area (Å²) < 4.78 is 10.6. The van der Waals surface area contributed by atoms with Gasteiger partial charge in [0.05, 0.1) is 20.3 Å². The highest BCUT2D eigenvalue weighted by molar-refractivity contribution is 6.07. The molecule has 7 heteroatoms. The van der Waals surface area contributed by atoms with E-state index in [0.29, 0.717) is 37.8 Å². The van der Waals surface area contributed by atoms with E-state index in [4.69, 9.17) is 9.47 Å². The van der Waals surface area contributed by atoms with Crippen LogP contribution < -0.4 is 4.74 Å². The van der Waals surface area contributed by atoms with E-state index in [1.165, 1.54) is 21.6 Å². The molecule has 2 aromatic carbocycles. The molecule has 2 saturated heterocycles. The molecule has 2 heterocycles. The van der Waals surface area contributed by atoms with Gasteiger partial charge in [-0.1, -0.05) is 35.9 Å². The zero-order valence-electron chi connectivity index (χ0n) is 21.0. The highest BCUT2D eigenvalue weighted by Gasteiger charge is 2.58. The number of piperidine rings is 1. The van der Waals surface area contributed by atoms with Crippen molar-refractivity contribution < 1.29 is 19.1 Å². The topological polar surface area (TPSA) is 62.3 Å². The van der Waals surface area contributed by atoms with E-state index in [-0.39, 0.29) is 18.5 Å². The zero-order valence-corrected chi connectivity index (χ0v) is 21.0. The van der Waals surface area contributed by atoms with Crippen molar-refractivity contribution in [3.05, 3.63) is 64.7 Å². The number of likely N-dealkylation sites (tertiary alicyclic amines) is 1. The third-order valence-corrected chi connectivity index (χ3v) is 8.03. The largest absolute Gasteiger partial charge is 0.497 e. The Morgan fingerprint density at radius 3 is 2.60 bits per heavy atom. The van der Waals surface area contributed by atoms with Crippen LogP contribution in [0.5, 0.6) is 5.75 Å². The van der Waals surface area contributed by atoms with Gasteiger partial charge < -0.3 is 14.4 Å². The molecule has 1 spiro atoms. The molecule has 0 saturated carbocycles. The first-order valence-electron chi connectivity index (χ1n) is 12.6. The number of urea groups is 1. The number of nitrogens with zero attached hydrogens (tertiary/aromatic N) is 3. The second-order valence-electron chi connectivity index (χ2n) is 9.99. The van der Waals surface area contributed by atoms with Gasteiger partial charge in [0, 0.05) is 32.8 Å². The van der Waals surface area contributed by atoms with Crippen molar-refractivity contribution >= 4 is 11.9 Å². The number of hydrogen-bond acceptors (Lipinski definition) is 5. The van der Waals surface area contributed by atoms with Gasteiger partial charge in [0.2, 0.25) is 0 Å². The van der Waals surface area contributed by atoms with E-state index >= 15 is 0 Å². The van der Waals surface area contributed by atoms with Gasteiger partial charge in [-0.3, -0.25) is 14.6 Å². The summed E-state index contributed by atoms with van der Waals surface area (Å²) in [7, 11) is 3.25. The van der Waals surface area contributed by atoms with Crippen LogP contribution in [-0.4, -0.2) is 72.6 Å². The van der Waals surface area contributed by atoms with Crippen LogP contribution in [0.15, 0.2) is 42.5 Å². The molecule has 7 nitrogen and oxygen atoms in total. The predicted molar refractivity (Wildman–Crippen MR) is 133 cm³/mol. The summed E-state index contributed by atoms with van der Waals surface area (Å²) in [5, 5.41) is 0. The minimum atomic E-state index is -0.793. The molecule has 0 aromatic heterocycles. The third-order valence-electron chi connectivity index (χ3n) is 8.03. The Morgan fingerprint density at radius 2 is 1.86 bits per heavy atom.